The van der Waals surface area contributed by atoms with Gasteiger partial charge in [-0.3, -0.25) is 9.59 Å². The molecule has 0 rings (SSSR count). The van der Waals surface area contributed by atoms with Gasteiger partial charge >= 0.3 is 11.9 Å². The van der Waals surface area contributed by atoms with Gasteiger partial charge in [0.2, 0.25) is 0 Å². The van der Waals surface area contributed by atoms with E-state index in [9.17, 15) is 9.59 Å². The zero-order valence-corrected chi connectivity index (χ0v) is 12.2. The van der Waals surface area contributed by atoms with E-state index in [0.29, 0.717) is 6.42 Å². The number of carbonyl (C=O) groups excluding carboxylic acids is 1. The molecular weight excluding hydrogens is 260 g/mol. The number of aliphatic hydroxyl groups excluding tert-OH is 1. The first kappa shape index (κ1) is 18.6. The summed E-state index contributed by atoms with van der Waals surface area (Å²) >= 11 is 0. The van der Waals surface area contributed by atoms with E-state index in [1.165, 1.54) is 12.8 Å². The van der Waals surface area contributed by atoms with Crippen molar-refractivity contribution in [3.05, 3.63) is 12.2 Å². The number of carboxylic acids is 1. The molecule has 0 aromatic carbocycles. The summed E-state index contributed by atoms with van der Waals surface area (Å²) in [6.45, 7) is 2.22. The van der Waals surface area contributed by atoms with E-state index in [1.807, 2.05) is 6.08 Å². The Labute approximate surface area is 120 Å². The molecule has 2 N–H and O–H groups in total. The smallest absolute Gasteiger partial charge is 0.310 e. The van der Waals surface area contributed by atoms with Crippen LogP contribution in [0.15, 0.2) is 12.2 Å². The number of aliphatic hydroxyl groups is 1. The first-order chi connectivity index (χ1) is 9.61. The van der Waals surface area contributed by atoms with Crippen LogP contribution in [-0.2, 0) is 14.3 Å². The Balaban J connectivity index is 4.00. The third-order valence-electron chi connectivity index (χ3n) is 2.86. The molecule has 0 amide bonds. The average Bonchev–Trinajstić information content (AvgIpc) is 2.41. The van der Waals surface area contributed by atoms with Crippen LogP contribution in [-0.4, -0.2) is 35.4 Å². The minimum Gasteiger partial charge on any atom is -0.481 e. The molecule has 1 unspecified atom stereocenters. The van der Waals surface area contributed by atoms with Gasteiger partial charge in [0.05, 0.1) is 18.9 Å². The predicted octanol–water partition coefficient (Wildman–Crippen LogP) is 2.53. The highest BCUT2D eigenvalue weighted by Crippen LogP contribution is 2.10. The highest BCUT2D eigenvalue weighted by molar-refractivity contribution is 5.80. The van der Waals surface area contributed by atoms with Crippen molar-refractivity contribution in [1.82, 2.24) is 0 Å². The summed E-state index contributed by atoms with van der Waals surface area (Å²) in [7, 11) is 0. The first-order valence-corrected chi connectivity index (χ1v) is 7.27. The molecule has 0 saturated heterocycles. The molecule has 0 heterocycles. The topological polar surface area (TPSA) is 83.8 Å². The molecule has 0 saturated carbocycles. The maximum atomic E-state index is 11.4. The van der Waals surface area contributed by atoms with Gasteiger partial charge in [-0.25, -0.2) is 0 Å². The SMILES string of the molecule is CCCCCC/C=C/C(CC(=O)OCCCO)C(=O)O. The van der Waals surface area contributed by atoms with Crippen LogP contribution in [0.5, 0.6) is 0 Å². The predicted molar refractivity (Wildman–Crippen MR) is 76.3 cm³/mol. The minimum absolute atomic E-state index is 0.0483. The van der Waals surface area contributed by atoms with Gasteiger partial charge in [0.25, 0.3) is 0 Å². The summed E-state index contributed by atoms with van der Waals surface area (Å²) in [5.74, 6) is -2.39. The Morgan fingerprint density at radius 1 is 1.20 bits per heavy atom. The number of allylic oxidation sites excluding steroid dienone is 1. The van der Waals surface area contributed by atoms with E-state index in [4.69, 9.17) is 14.9 Å². The molecule has 116 valence electrons. The molecule has 0 aliphatic rings. The lowest BCUT2D eigenvalue weighted by atomic mass is 10.0. The van der Waals surface area contributed by atoms with Crippen molar-refractivity contribution in [1.29, 1.82) is 0 Å². The summed E-state index contributed by atoms with van der Waals surface area (Å²) in [4.78, 5) is 22.4. The van der Waals surface area contributed by atoms with Crippen molar-refractivity contribution < 1.29 is 24.5 Å². The van der Waals surface area contributed by atoms with Crippen molar-refractivity contribution in [2.45, 2.75) is 51.9 Å². The number of esters is 1. The van der Waals surface area contributed by atoms with Crippen LogP contribution in [0.4, 0.5) is 0 Å². The zero-order chi connectivity index (χ0) is 15.2. The van der Waals surface area contributed by atoms with Crippen LogP contribution in [0.25, 0.3) is 0 Å². The van der Waals surface area contributed by atoms with E-state index < -0.39 is 17.9 Å². The number of hydrogen-bond donors (Lipinski definition) is 2. The van der Waals surface area contributed by atoms with E-state index in [-0.39, 0.29) is 19.6 Å². The monoisotopic (exact) mass is 286 g/mol. The molecule has 0 aliphatic carbocycles. The first-order valence-electron chi connectivity index (χ1n) is 7.27. The second-order valence-corrected chi connectivity index (χ2v) is 4.72. The molecular formula is C15H26O5. The standard InChI is InChI=1S/C15H26O5/c1-2-3-4-5-6-7-9-13(15(18)19)12-14(17)20-11-8-10-16/h7,9,13,16H,2-6,8,10-12H2,1H3,(H,18,19)/b9-7+. The Hall–Kier alpha value is -1.36. The van der Waals surface area contributed by atoms with Crippen molar-refractivity contribution in [3.8, 4) is 0 Å². The summed E-state index contributed by atoms with van der Waals surface area (Å²) in [5, 5.41) is 17.6. The minimum atomic E-state index is -1.02. The second-order valence-electron chi connectivity index (χ2n) is 4.72. The van der Waals surface area contributed by atoms with Crippen LogP contribution < -0.4 is 0 Å². The molecule has 0 aliphatic heterocycles. The van der Waals surface area contributed by atoms with E-state index in [1.54, 1.807) is 6.08 Å². The Morgan fingerprint density at radius 3 is 2.55 bits per heavy atom. The van der Waals surface area contributed by atoms with Crippen molar-refractivity contribution in [2.24, 2.45) is 5.92 Å². The summed E-state index contributed by atoms with van der Waals surface area (Å²) in [5.41, 5.74) is 0. The van der Waals surface area contributed by atoms with Crippen LogP contribution in [0.3, 0.4) is 0 Å². The fourth-order valence-electron chi connectivity index (χ4n) is 1.68. The Kier molecular flexibility index (Phi) is 11.8. The molecule has 0 bridgehead atoms. The summed E-state index contributed by atoms with van der Waals surface area (Å²) in [6.07, 6.45) is 8.98. The lowest BCUT2D eigenvalue weighted by molar-refractivity contribution is -0.150. The largest absolute Gasteiger partial charge is 0.481 e. The number of rotatable bonds is 12. The van der Waals surface area contributed by atoms with Crippen molar-refractivity contribution in [3.63, 3.8) is 0 Å². The van der Waals surface area contributed by atoms with Gasteiger partial charge in [0.1, 0.15) is 0 Å². The fraction of sp³-hybridized carbons (Fsp3) is 0.733. The number of ether oxygens (including phenoxy) is 1. The number of unbranched alkanes of at least 4 members (excludes halogenated alkanes) is 4. The van der Waals surface area contributed by atoms with Gasteiger partial charge in [-0.2, -0.15) is 0 Å². The van der Waals surface area contributed by atoms with Gasteiger partial charge in [0.15, 0.2) is 0 Å². The molecule has 5 heteroatoms. The molecule has 20 heavy (non-hydrogen) atoms. The number of carboxylic acid groups (broad SMARTS) is 1. The lowest BCUT2D eigenvalue weighted by Gasteiger charge is -2.07. The average molecular weight is 286 g/mol. The Bertz CT molecular complexity index is 299. The van der Waals surface area contributed by atoms with E-state index in [2.05, 4.69) is 6.92 Å². The third kappa shape index (κ3) is 10.6. The fourth-order valence-corrected chi connectivity index (χ4v) is 1.68. The number of carbonyl (C=O) groups is 2. The number of aliphatic carboxylic acids is 1. The molecule has 0 aromatic rings. The zero-order valence-electron chi connectivity index (χ0n) is 12.2. The van der Waals surface area contributed by atoms with E-state index in [0.717, 1.165) is 19.3 Å². The van der Waals surface area contributed by atoms with Gasteiger partial charge < -0.3 is 14.9 Å². The molecule has 0 fully saturated rings. The molecule has 0 spiro atoms. The van der Waals surface area contributed by atoms with E-state index >= 15 is 0 Å². The van der Waals surface area contributed by atoms with Crippen molar-refractivity contribution >= 4 is 11.9 Å². The quantitative estimate of drug-likeness (QED) is 0.327. The van der Waals surface area contributed by atoms with Crippen molar-refractivity contribution in [2.75, 3.05) is 13.2 Å². The van der Waals surface area contributed by atoms with Crippen LogP contribution in [0.2, 0.25) is 0 Å². The molecule has 0 aromatic heterocycles. The van der Waals surface area contributed by atoms with Crippen LogP contribution >= 0.6 is 0 Å². The molecule has 1 atom stereocenters. The van der Waals surface area contributed by atoms with Gasteiger partial charge in [-0.05, 0) is 12.8 Å². The number of hydrogen-bond acceptors (Lipinski definition) is 4. The van der Waals surface area contributed by atoms with Gasteiger partial charge in [-0.1, -0.05) is 38.3 Å². The maximum absolute atomic E-state index is 11.4. The highest BCUT2D eigenvalue weighted by atomic mass is 16.5. The van der Waals surface area contributed by atoms with Crippen LogP contribution in [0, 0.1) is 5.92 Å². The highest BCUT2D eigenvalue weighted by Gasteiger charge is 2.18. The Morgan fingerprint density at radius 2 is 1.95 bits per heavy atom. The van der Waals surface area contributed by atoms with Gasteiger partial charge in [0, 0.05) is 13.0 Å². The van der Waals surface area contributed by atoms with Crippen LogP contribution in [0.1, 0.15) is 51.9 Å². The van der Waals surface area contributed by atoms with Gasteiger partial charge in [-0.15, -0.1) is 0 Å². The molecule has 5 nitrogen and oxygen atoms in total. The third-order valence-corrected chi connectivity index (χ3v) is 2.86. The summed E-state index contributed by atoms with van der Waals surface area (Å²) in [6, 6.07) is 0. The second kappa shape index (κ2) is 12.7. The normalized spacial score (nSPS) is 12.5. The summed E-state index contributed by atoms with van der Waals surface area (Å²) < 4.78 is 4.83. The maximum Gasteiger partial charge on any atom is 0.310 e. The lowest BCUT2D eigenvalue weighted by Crippen LogP contribution is -2.18. The molecule has 0 radical (unpaired) electrons.